The summed E-state index contributed by atoms with van der Waals surface area (Å²) >= 11 is 0. The van der Waals surface area contributed by atoms with E-state index in [-0.39, 0.29) is 17.6 Å². The Morgan fingerprint density at radius 2 is 2.31 bits per heavy atom. The summed E-state index contributed by atoms with van der Waals surface area (Å²) in [6, 6.07) is 5.13. The SMILES string of the molecule is Cn1cnc(Oc2ccc(N)c(C#N)n2)n1. The number of hydrogen-bond acceptors (Lipinski definition) is 6. The average molecular weight is 216 g/mol. The number of aryl methyl sites for hydroxylation is 1. The lowest BCUT2D eigenvalue weighted by atomic mass is 10.3. The van der Waals surface area contributed by atoms with Gasteiger partial charge in [0.25, 0.3) is 0 Å². The summed E-state index contributed by atoms with van der Waals surface area (Å²) in [5, 5.41) is 12.6. The van der Waals surface area contributed by atoms with Crippen LogP contribution in [0.5, 0.6) is 11.9 Å². The lowest BCUT2D eigenvalue weighted by Crippen LogP contribution is -1.97. The van der Waals surface area contributed by atoms with Gasteiger partial charge in [-0.15, -0.1) is 5.10 Å². The summed E-state index contributed by atoms with van der Waals surface area (Å²) in [5.41, 5.74) is 5.95. The molecule has 80 valence electrons. The molecule has 2 N–H and O–H groups in total. The zero-order valence-corrected chi connectivity index (χ0v) is 8.45. The summed E-state index contributed by atoms with van der Waals surface area (Å²) in [5.74, 6) is 0.233. The predicted octanol–water partition coefficient (Wildman–Crippen LogP) is 0.456. The Kier molecular flexibility index (Phi) is 2.39. The van der Waals surface area contributed by atoms with Crippen LogP contribution in [0.15, 0.2) is 18.5 Å². The number of aromatic nitrogens is 4. The van der Waals surface area contributed by atoms with Gasteiger partial charge < -0.3 is 10.5 Å². The maximum atomic E-state index is 8.73. The van der Waals surface area contributed by atoms with E-state index in [2.05, 4.69) is 15.1 Å². The quantitative estimate of drug-likeness (QED) is 0.782. The molecule has 0 bridgehead atoms. The van der Waals surface area contributed by atoms with Gasteiger partial charge in [-0.2, -0.15) is 15.2 Å². The summed E-state index contributed by atoms with van der Waals surface area (Å²) in [4.78, 5) is 7.76. The van der Waals surface area contributed by atoms with Gasteiger partial charge in [0, 0.05) is 13.1 Å². The number of nitrogens with zero attached hydrogens (tertiary/aromatic N) is 5. The minimum Gasteiger partial charge on any atom is -0.404 e. The standard InChI is InChI=1S/C9H8N6O/c1-15-5-12-9(14-15)16-8-3-2-6(11)7(4-10)13-8/h2-3,5H,11H2,1H3. The molecule has 2 aromatic rings. The van der Waals surface area contributed by atoms with Crippen molar-refractivity contribution >= 4 is 5.69 Å². The molecule has 2 rings (SSSR count). The van der Waals surface area contributed by atoms with Crippen molar-refractivity contribution in [3.05, 3.63) is 24.2 Å². The van der Waals surface area contributed by atoms with Gasteiger partial charge in [-0.3, -0.25) is 4.68 Å². The van der Waals surface area contributed by atoms with Gasteiger partial charge in [-0.1, -0.05) is 0 Å². The highest BCUT2D eigenvalue weighted by atomic mass is 16.5. The number of hydrogen-bond donors (Lipinski definition) is 1. The molecule has 0 atom stereocenters. The van der Waals surface area contributed by atoms with Crippen LogP contribution in [0.25, 0.3) is 0 Å². The zero-order valence-electron chi connectivity index (χ0n) is 8.45. The van der Waals surface area contributed by atoms with Gasteiger partial charge in [0.05, 0.1) is 5.69 Å². The van der Waals surface area contributed by atoms with Crippen LogP contribution in [0.3, 0.4) is 0 Å². The second-order valence-corrected chi connectivity index (χ2v) is 3.00. The van der Waals surface area contributed by atoms with Crippen LogP contribution >= 0.6 is 0 Å². The second-order valence-electron chi connectivity index (χ2n) is 3.00. The third-order valence-corrected chi connectivity index (χ3v) is 1.78. The van der Waals surface area contributed by atoms with E-state index in [1.165, 1.54) is 11.0 Å². The second kappa shape index (κ2) is 3.86. The maximum Gasteiger partial charge on any atom is 0.342 e. The minimum absolute atomic E-state index is 0.119. The van der Waals surface area contributed by atoms with Crippen LogP contribution in [0.4, 0.5) is 5.69 Å². The number of rotatable bonds is 2. The Morgan fingerprint density at radius 1 is 1.50 bits per heavy atom. The molecular weight excluding hydrogens is 208 g/mol. The van der Waals surface area contributed by atoms with Crippen molar-refractivity contribution in [2.75, 3.05) is 5.73 Å². The van der Waals surface area contributed by atoms with E-state index in [0.717, 1.165) is 0 Å². The Balaban J connectivity index is 2.26. The zero-order chi connectivity index (χ0) is 11.5. The van der Waals surface area contributed by atoms with Crippen LogP contribution < -0.4 is 10.5 Å². The fourth-order valence-electron chi connectivity index (χ4n) is 1.06. The van der Waals surface area contributed by atoms with Gasteiger partial charge in [0.15, 0.2) is 5.69 Å². The summed E-state index contributed by atoms with van der Waals surface area (Å²) in [6.07, 6.45) is 1.50. The highest BCUT2D eigenvalue weighted by Crippen LogP contribution is 2.17. The highest BCUT2D eigenvalue weighted by molar-refractivity contribution is 5.50. The first-order chi connectivity index (χ1) is 7.69. The van der Waals surface area contributed by atoms with Crippen molar-refractivity contribution in [3.8, 4) is 18.0 Å². The van der Waals surface area contributed by atoms with E-state index in [0.29, 0.717) is 5.69 Å². The van der Waals surface area contributed by atoms with Gasteiger partial charge in [0.2, 0.25) is 5.88 Å². The lowest BCUT2D eigenvalue weighted by Gasteiger charge is -2.01. The molecule has 16 heavy (non-hydrogen) atoms. The number of ether oxygens (including phenoxy) is 1. The van der Waals surface area contributed by atoms with E-state index in [1.807, 2.05) is 6.07 Å². The van der Waals surface area contributed by atoms with Crippen molar-refractivity contribution in [2.24, 2.45) is 7.05 Å². The predicted molar refractivity (Wildman–Crippen MR) is 54.4 cm³/mol. The first-order valence-corrected chi connectivity index (χ1v) is 4.39. The summed E-state index contributed by atoms with van der Waals surface area (Å²) < 4.78 is 6.73. The molecule has 0 unspecified atom stereocenters. The highest BCUT2D eigenvalue weighted by Gasteiger charge is 2.06. The van der Waals surface area contributed by atoms with Crippen LogP contribution in [-0.2, 0) is 7.05 Å². The van der Waals surface area contributed by atoms with Crippen LogP contribution in [0.2, 0.25) is 0 Å². The molecule has 0 saturated heterocycles. The number of nitrogen functional groups attached to an aromatic ring is 1. The molecule has 0 fully saturated rings. The van der Waals surface area contributed by atoms with E-state index >= 15 is 0 Å². The Morgan fingerprint density at radius 3 is 2.94 bits per heavy atom. The molecule has 7 nitrogen and oxygen atoms in total. The number of nitrogens with two attached hydrogens (primary N) is 1. The summed E-state index contributed by atoms with van der Waals surface area (Å²) in [7, 11) is 1.72. The molecule has 0 spiro atoms. The van der Waals surface area contributed by atoms with Crippen molar-refractivity contribution in [3.63, 3.8) is 0 Å². The Hall–Kier alpha value is -2.62. The van der Waals surface area contributed by atoms with Gasteiger partial charge in [-0.25, -0.2) is 0 Å². The molecule has 7 heteroatoms. The normalized spacial score (nSPS) is 9.75. The van der Waals surface area contributed by atoms with Gasteiger partial charge in [-0.05, 0) is 6.07 Å². The van der Waals surface area contributed by atoms with E-state index < -0.39 is 0 Å². The molecule has 0 aromatic carbocycles. The topological polar surface area (TPSA) is 103 Å². The molecular formula is C9H8N6O. The number of anilines is 1. The van der Waals surface area contributed by atoms with Gasteiger partial charge >= 0.3 is 6.01 Å². The van der Waals surface area contributed by atoms with Gasteiger partial charge in [0.1, 0.15) is 12.4 Å². The largest absolute Gasteiger partial charge is 0.404 e. The summed E-state index contributed by atoms with van der Waals surface area (Å²) in [6.45, 7) is 0. The lowest BCUT2D eigenvalue weighted by molar-refractivity contribution is 0.422. The number of nitriles is 1. The first kappa shape index (κ1) is 9.92. The third kappa shape index (κ3) is 1.90. The van der Waals surface area contributed by atoms with Crippen LogP contribution in [0, 0.1) is 11.3 Å². The van der Waals surface area contributed by atoms with Crippen LogP contribution in [-0.4, -0.2) is 19.7 Å². The third-order valence-electron chi connectivity index (χ3n) is 1.78. The van der Waals surface area contributed by atoms with Crippen molar-refractivity contribution in [1.29, 1.82) is 5.26 Å². The molecule has 0 aliphatic heterocycles. The van der Waals surface area contributed by atoms with E-state index in [4.69, 9.17) is 15.7 Å². The van der Waals surface area contributed by atoms with Crippen molar-refractivity contribution in [1.82, 2.24) is 19.7 Å². The maximum absolute atomic E-state index is 8.73. The van der Waals surface area contributed by atoms with E-state index in [9.17, 15) is 0 Å². The monoisotopic (exact) mass is 216 g/mol. The minimum atomic E-state index is 0.119. The van der Waals surface area contributed by atoms with Crippen molar-refractivity contribution < 1.29 is 4.74 Å². The van der Waals surface area contributed by atoms with Crippen molar-refractivity contribution in [2.45, 2.75) is 0 Å². The van der Waals surface area contributed by atoms with E-state index in [1.54, 1.807) is 19.2 Å². The molecule has 0 aliphatic carbocycles. The molecule has 2 heterocycles. The molecule has 0 radical (unpaired) electrons. The number of pyridine rings is 1. The molecule has 0 amide bonds. The fraction of sp³-hybridized carbons (Fsp3) is 0.111. The molecule has 0 saturated carbocycles. The van der Waals surface area contributed by atoms with Crippen LogP contribution in [0.1, 0.15) is 5.69 Å². The Bertz CT molecular complexity index is 555. The first-order valence-electron chi connectivity index (χ1n) is 4.39. The smallest absolute Gasteiger partial charge is 0.342 e. The Labute approximate surface area is 91.1 Å². The fourth-order valence-corrected chi connectivity index (χ4v) is 1.06. The average Bonchev–Trinajstić information content (AvgIpc) is 2.67. The molecule has 2 aromatic heterocycles. The molecule has 0 aliphatic rings.